The highest BCUT2D eigenvalue weighted by Crippen LogP contribution is 2.23. The van der Waals surface area contributed by atoms with Gasteiger partial charge >= 0.3 is 12.0 Å². The van der Waals surface area contributed by atoms with E-state index < -0.39 is 11.6 Å². The molecule has 2 amide bonds. The van der Waals surface area contributed by atoms with Gasteiger partial charge in [0.2, 0.25) is 0 Å². The molecule has 2 saturated heterocycles. The Kier molecular flexibility index (Phi) is 4.02. The van der Waals surface area contributed by atoms with Gasteiger partial charge in [0.1, 0.15) is 11.6 Å². The molecule has 0 radical (unpaired) electrons. The smallest absolute Gasteiger partial charge is 0.329 e. The molecular weight excluding hydrogens is 244 g/mol. The number of rotatable bonds is 1. The molecule has 0 bridgehead atoms. The van der Waals surface area contributed by atoms with Gasteiger partial charge in [-0.1, -0.05) is 0 Å². The number of ether oxygens (including phenoxy) is 1. The predicted octanol–water partition coefficient (Wildman–Crippen LogP) is 2.01. The highest BCUT2D eigenvalue weighted by molar-refractivity contribution is 5.84. The summed E-state index contributed by atoms with van der Waals surface area (Å²) in [5.41, 5.74) is -0.498. The van der Waals surface area contributed by atoms with Crippen molar-refractivity contribution in [2.24, 2.45) is 0 Å². The first-order valence-corrected chi connectivity index (χ1v) is 7.17. The fourth-order valence-corrected chi connectivity index (χ4v) is 2.70. The predicted molar refractivity (Wildman–Crippen MR) is 71.8 cm³/mol. The van der Waals surface area contributed by atoms with Crippen LogP contribution >= 0.6 is 0 Å². The van der Waals surface area contributed by atoms with Gasteiger partial charge in [0.05, 0.1) is 0 Å². The lowest BCUT2D eigenvalue weighted by atomic mass is 10.1. The number of nitrogens with zero attached hydrogens (tertiary/aromatic N) is 2. The quantitative estimate of drug-likeness (QED) is 0.684. The number of hydrogen-bond donors (Lipinski definition) is 0. The number of hydrogen-bond acceptors (Lipinski definition) is 3. The van der Waals surface area contributed by atoms with E-state index in [1.807, 2.05) is 25.7 Å². The molecule has 0 unspecified atom stereocenters. The highest BCUT2D eigenvalue weighted by Gasteiger charge is 2.38. The molecule has 5 heteroatoms. The zero-order chi connectivity index (χ0) is 14.0. The van der Waals surface area contributed by atoms with E-state index >= 15 is 0 Å². The Morgan fingerprint density at radius 2 is 1.68 bits per heavy atom. The fraction of sp³-hybridized carbons (Fsp3) is 0.857. The molecule has 0 N–H and O–H groups in total. The Labute approximate surface area is 114 Å². The minimum atomic E-state index is -0.498. The zero-order valence-electron chi connectivity index (χ0n) is 12.1. The summed E-state index contributed by atoms with van der Waals surface area (Å²) in [6.07, 6.45) is 3.73. The molecule has 19 heavy (non-hydrogen) atoms. The molecule has 0 aromatic rings. The van der Waals surface area contributed by atoms with Gasteiger partial charge in [0.25, 0.3) is 0 Å². The summed E-state index contributed by atoms with van der Waals surface area (Å²) < 4.78 is 5.41. The fourth-order valence-electron chi connectivity index (χ4n) is 2.70. The van der Waals surface area contributed by atoms with Gasteiger partial charge in [-0.25, -0.2) is 9.59 Å². The summed E-state index contributed by atoms with van der Waals surface area (Å²) in [6, 6.07) is -0.391. The second kappa shape index (κ2) is 5.39. The highest BCUT2D eigenvalue weighted by atomic mass is 16.6. The first kappa shape index (κ1) is 14.2. The molecule has 0 spiro atoms. The van der Waals surface area contributed by atoms with Crippen LogP contribution in [0.25, 0.3) is 0 Å². The van der Waals surface area contributed by atoms with E-state index in [9.17, 15) is 9.59 Å². The molecule has 2 fully saturated rings. The van der Waals surface area contributed by atoms with Crippen LogP contribution in [0.15, 0.2) is 0 Å². The minimum Gasteiger partial charge on any atom is -0.458 e. The van der Waals surface area contributed by atoms with Gasteiger partial charge in [-0.3, -0.25) is 0 Å². The average Bonchev–Trinajstić information content (AvgIpc) is 2.97. The van der Waals surface area contributed by atoms with Crippen LogP contribution in [0.5, 0.6) is 0 Å². The molecule has 5 nitrogen and oxygen atoms in total. The van der Waals surface area contributed by atoms with Crippen molar-refractivity contribution in [3.05, 3.63) is 0 Å². The SMILES string of the molecule is CC(C)(C)OC(=O)[C@H]1CCCN1C(=O)N1CCCC1. The second-order valence-electron chi connectivity index (χ2n) is 6.36. The van der Waals surface area contributed by atoms with E-state index in [0.29, 0.717) is 13.0 Å². The molecule has 2 rings (SSSR count). The molecule has 0 saturated carbocycles. The largest absolute Gasteiger partial charge is 0.458 e. The van der Waals surface area contributed by atoms with Crippen molar-refractivity contribution in [1.82, 2.24) is 9.80 Å². The van der Waals surface area contributed by atoms with Crippen LogP contribution in [-0.4, -0.2) is 53.1 Å². The van der Waals surface area contributed by atoms with Gasteiger partial charge in [0.15, 0.2) is 0 Å². The molecule has 2 aliphatic heterocycles. The van der Waals surface area contributed by atoms with Gasteiger partial charge in [-0.05, 0) is 46.5 Å². The maximum absolute atomic E-state index is 12.4. The first-order valence-electron chi connectivity index (χ1n) is 7.17. The molecular formula is C14H24N2O3. The first-order chi connectivity index (χ1) is 8.88. The number of carbonyl (C=O) groups excluding carboxylic acids is 2. The van der Waals surface area contributed by atoms with Crippen molar-refractivity contribution in [3.63, 3.8) is 0 Å². The molecule has 1 atom stereocenters. The Morgan fingerprint density at radius 1 is 1.05 bits per heavy atom. The van der Waals surface area contributed by atoms with Gasteiger partial charge in [-0.2, -0.15) is 0 Å². The number of amides is 2. The summed E-state index contributed by atoms with van der Waals surface area (Å²) in [7, 11) is 0. The van der Waals surface area contributed by atoms with Crippen LogP contribution in [0.3, 0.4) is 0 Å². The van der Waals surface area contributed by atoms with Crippen LogP contribution in [0.2, 0.25) is 0 Å². The third kappa shape index (κ3) is 3.39. The van der Waals surface area contributed by atoms with E-state index in [-0.39, 0.29) is 12.0 Å². The monoisotopic (exact) mass is 268 g/mol. The van der Waals surface area contributed by atoms with Crippen LogP contribution in [0.4, 0.5) is 4.79 Å². The summed E-state index contributed by atoms with van der Waals surface area (Å²) >= 11 is 0. The Hall–Kier alpha value is -1.26. The van der Waals surface area contributed by atoms with Crippen molar-refractivity contribution < 1.29 is 14.3 Å². The molecule has 2 heterocycles. The van der Waals surface area contributed by atoms with Crippen LogP contribution in [-0.2, 0) is 9.53 Å². The maximum atomic E-state index is 12.4. The topological polar surface area (TPSA) is 49.9 Å². The molecule has 0 aromatic carbocycles. The van der Waals surface area contributed by atoms with Crippen molar-refractivity contribution in [2.75, 3.05) is 19.6 Å². The number of likely N-dealkylation sites (tertiary alicyclic amines) is 2. The number of esters is 1. The average molecular weight is 268 g/mol. The van der Waals surface area contributed by atoms with E-state index in [2.05, 4.69) is 0 Å². The molecule has 108 valence electrons. The molecule has 0 aliphatic carbocycles. The second-order valence-corrected chi connectivity index (χ2v) is 6.36. The summed E-state index contributed by atoms with van der Waals surface area (Å²) in [5.74, 6) is -0.266. The Balaban J connectivity index is 2.00. The van der Waals surface area contributed by atoms with E-state index in [4.69, 9.17) is 4.74 Å². The normalized spacial score (nSPS) is 23.8. The lowest BCUT2D eigenvalue weighted by Crippen LogP contribution is -2.48. The van der Waals surface area contributed by atoms with Crippen LogP contribution in [0.1, 0.15) is 46.5 Å². The summed E-state index contributed by atoms with van der Waals surface area (Å²) in [4.78, 5) is 28.1. The summed E-state index contributed by atoms with van der Waals surface area (Å²) in [6.45, 7) is 7.86. The van der Waals surface area contributed by atoms with Crippen molar-refractivity contribution in [3.8, 4) is 0 Å². The lowest BCUT2D eigenvalue weighted by Gasteiger charge is -2.30. The van der Waals surface area contributed by atoms with Crippen LogP contribution in [0, 0.1) is 0 Å². The number of urea groups is 1. The maximum Gasteiger partial charge on any atom is 0.329 e. The minimum absolute atomic E-state index is 0.00543. The van der Waals surface area contributed by atoms with Gasteiger partial charge in [0, 0.05) is 19.6 Å². The Morgan fingerprint density at radius 3 is 2.26 bits per heavy atom. The number of carbonyl (C=O) groups is 2. The Bertz CT molecular complexity index is 356. The third-order valence-electron chi connectivity index (χ3n) is 3.55. The molecule has 2 aliphatic rings. The third-order valence-corrected chi connectivity index (χ3v) is 3.55. The summed E-state index contributed by atoms with van der Waals surface area (Å²) in [5, 5.41) is 0. The van der Waals surface area contributed by atoms with Crippen LogP contribution < -0.4 is 0 Å². The van der Waals surface area contributed by atoms with E-state index in [0.717, 1.165) is 32.4 Å². The van der Waals surface area contributed by atoms with Gasteiger partial charge < -0.3 is 14.5 Å². The molecule has 0 aromatic heterocycles. The van der Waals surface area contributed by atoms with Crippen molar-refractivity contribution >= 4 is 12.0 Å². The van der Waals surface area contributed by atoms with E-state index in [1.165, 1.54) is 0 Å². The standard InChI is InChI=1S/C14H24N2O3/c1-14(2,3)19-12(17)11-7-6-10-16(11)13(18)15-8-4-5-9-15/h11H,4-10H2,1-3H3/t11-/m1/s1. The van der Waals surface area contributed by atoms with Crippen molar-refractivity contribution in [1.29, 1.82) is 0 Å². The van der Waals surface area contributed by atoms with Crippen molar-refractivity contribution in [2.45, 2.75) is 58.1 Å². The lowest BCUT2D eigenvalue weighted by molar-refractivity contribution is -0.159. The van der Waals surface area contributed by atoms with Gasteiger partial charge in [-0.15, -0.1) is 0 Å². The zero-order valence-corrected chi connectivity index (χ0v) is 12.1. The van der Waals surface area contributed by atoms with E-state index in [1.54, 1.807) is 4.90 Å².